The van der Waals surface area contributed by atoms with Crippen molar-refractivity contribution in [3.05, 3.63) is 47.4 Å². The molecule has 0 saturated carbocycles. The zero-order chi connectivity index (χ0) is 13.8. The molecule has 0 bridgehead atoms. The third kappa shape index (κ3) is 3.46. The van der Waals surface area contributed by atoms with Gasteiger partial charge in [-0.3, -0.25) is 4.79 Å². The Morgan fingerprint density at radius 3 is 2.68 bits per heavy atom. The molecular formula is C12H10ClN3O2S. The van der Waals surface area contributed by atoms with Gasteiger partial charge in [0.1, 0.15) is 0 Å². The van der Waals surface area contributed by atoms with E-state index >= 15 is 0 Å². The summed E-state index contributed by atoms with van der Waals surface area (Å²) in [6.45, 7) is 0. The van der Waals surface area contributed by atoms with Crippen molar-refractivity contribution in [3.63, 3.8) is 0 Å². The molecule has 1 aromatic heterocycles. The topological polar surface area (TPSA) is 80.3 Å². The predicted octanol–water partition coefficient (Wildman–Crippen LogP) is 2.84. The maximum atomic E-state index is 11.8. The molecule has 98 valence electrons. The molecule has 7 heteroatoms. The summed E-state index contributed by atoms with van der Waals surface area (Å²) in [7, 11) is 0. The van der Waals surface area contributed by atoms with Gasteiger partial charge in [-0.15, -0.1) is 0 Å². The van der Waals surface area contributed by atoms with Crippen LogP contribution in [-0.4, -0.2) is 11.0 Å². The van der Waals surface area contributed by atoms with Crippen molar-refractivity contribution in [2.75, 3.05) is 10.6 Å². The van der Waals surface area contributed by atoms with Crippen LogP contribution in [0.15, 0.2) is 41.0 Å². The van der Waals surface area contributed by atoms with Crippen LogP contribution < -0.4 is 16.4 Å². The van der Waals surface area contributed by atoms with Crippen molar-refractivity contribution in [2.45, 2.75) is 0 Å². The second kappa shape index (κ2) is 5.73. The fourth-order valence-electron chi connectivity index (χ4n) is 1.43. The average molecular weight is 296 g/mol. The molecule has 2 rings (SSSR count). The number of hydrogen-bond donors (Lipinski definition) is 3. The molecular weight excluding hydrogens is 286 g/mol. The SMILES string of the molecule is NC(=S)Nc1ccc(NC(=O)c2ccco2)c(Cl)c1. The molecule has 0 aliphatic carbocycles. The molecule has 4 N–H and O–H groups in total. The molecule has 0 aliphatic rings. The first-order valence-electron chi connectivity index (χ1n) is 5.27. The quantitative estimate of drug-likeness (QED) is 0.759. The van der Waals surface area contributed by atoms with E-state index in [2.05, 4.69) is 10.6 Å². The minimum absolute atomic E-state index is 0.142. The normalized spacial score (nSPS) is 9.95. The van der Waals surface area contributed by atoms with Gasteiger partial charge >= 0.3 is 0 Å². The van der Waals surface area contributed by atoms with Gasteiger partial charge in [-0.2, -0.15) is 0 Å². The fourth-order valence-corrected chi connectivity index (χ4v) is 1.77. The molecule has 2 aromatic rings. The summed E-state index contributed by atoms with van der Waals surface area (Å²) in [6, 6.07) is 8.14. The van der Waals surface area contributed by atoms with Crippen LogP contribution in [0.2, 0.25) is 5.02 Å². The van der Waals surface area contributed by atoms with E-state index in [1.807, 2.05) is 0 Å². The summed E-state index contributed by atoms with van der Waals surface area (Å²) in [5.74, 6) is -0.164. The molecule has 0 atom stereocenters. The summed E-state index contributed by atoms with van der Waals surface area (Å²) in [4.78, 5) is 11.8. The second-order valence-electron chi connectivity index (χ2n) is 3.62. The highest BCUT2D eigenvalue weighted by atomic mass is 35.5. The van der Waals surface area contributed by atoms with E-state index in [1.54, 1.807) is 30.3 Å². The van der Waals surface area contributed by atoms with E-state index in [9.17, 15) is 4.79 Å². The fraction of sp³-hybridized carbons (Fsp3) is 0. The summed E-state index contributed by atoms with van der Waals surface area (Å²) in [6.07, 6.45) is 1.42. The lowest BCUT2D eigenvalue weighted by molar-refractivity contribution is 0.0996. The molecule has 0 unspecified atom stereocenters. The van der Waals surface area contributed by atoms with Crippen LogP contribution >= 0.6 is 23.8 Å². The molecule has 0 saturated heterocycles. The van der Waals surface area contributed by atoms with E-state index in [0.29, 0.717) is 16.4 Å². The Morgan fingerprint density at radius 1 is 1.32 bits per heavy atom. The number of carbonyl (C=O) groups is 1. The number of rotatable bonds is 3. The lowest BCUT2D eigenvalue weighted by Crippen LogP contribution is -2.19. The predicted molar refractivity (Wildman–Crippen MR) is 78.5 cm³/mol. The van der Waals surface area contributed by atoms with Crippen molar-refractivity contribution in [1.82, 2.24) is 0 Å². The van der Waals surface area contributed by atoms with Gasteiger partial charge in [0.15, 0.2) is 10.9 Å². The molecule has 1 amide bonds. The minimum Gasteiger partial charge on any atom is -0.459 e. The number of carbonyl (C=O) groups excluding carboxylic acids is 1. The Bertz CT molecular complexity index is 613. The summed E-state index contributed by atoms with van der Waals surface area (Å²) in [5, 5.41) is 5.89. The second-order valence-corrected chi connectivity index (χ2v) is 4.46. The average Bonchev–Trinajstić information content (AvgIpc) is 2.85. The van der Waals surface area contributed by atoms with Crippen molar-refractivity contribution in [3.8, 4) is 0 Å². The maximum absolute atomic E-state index is 11.8. The number of amides is 1. The summed E-state index contributed by atoms with van der Waals surface area (Å²) < 4.78 is 4.98. The van der Waals surface area contributed by atoms with Crippen LogP contribution in [0.1, 0.15) is 10.6 Å². The molecule has 0 aliphatic heterocycles. The summed E-state index contributed by atoms with van der Waals surface area (Å²) in [5.41, 5.74) is 6.47. The van der Waals surface area contributed by atoms with Crippen molar-refractivity contribution in [2.24, 2.45) is 5.73 Å². The summed E-state index contributed by atoms with van der Waals surface area (Å²) >= 11 is 10.8. The Labute approximate surface area is 119 Å². The van der Waals surface area contributed by atoms with Gasteiger partial charge in [0, 0.05) is 5.69 Å². The lowest BCUT2D eigenvalue weighted by Gasteiger charge is -2.09. The van der Waals surface area contributed by atoms with Gasteiger partial charge in [-0.25, -0.2) is 0 Å². The van der Waals surface area contributed by atoms with Crippen LogP contribution in [-0.2, 0) is 0 Å². The standard InChI is InChI=1S/C12H10ClN3O2S/c13-8-6-7(15-12(14)19)3-4-9(8)16-11(17)10-2-1-5-18-10/h1-6H,(H,16,17)(H3,14,15,19). The van der Waals surface area contributed by atoms with Crippen molar-refractivity contribution in [1.29, 1.82) is 0 Å². The number of thiocarbonyl (C=S) groups is 1. The molecule has 0 fully saturated rings. The molecule has 1 aromatic carbocycles. The molecule has 0 radical (unpaired) electrons. The van der Waals surface area contributed by atoms with E-state index in [1.165, 1.54) is 6.26 Å². The number of hydrogen-bond acceptors (Lipinski definition) is 3. The number of nitrogens with one attached hydrogen (secondary N) is 2. The van der Waals surface area contributed by atoms with Gasteiger partial charge in [0.05, 0.1) is 17.0 Å². The van der Waals surface area contributed by atoms with Gasteiger partial charge in [-0.05, 0) is 42.5 Å². The largest absolute Gasteiger partial charge is 0.459 e. The van der Waals surface area contributed by atoms with E-state index in [0.717, 1.165) is 0 Å². The van der Waals surface area contributed by atoms with Gasteiger partial charge in [0.2, 0.25) is 0 Å². The monoisotopic (exact) mass is 295 g/mol. The van der Waals surface area contributed by atoms with E-state index in [-0.39, 0.29) is 16.8 Å². The number of benzene rings is 1. The van der Waals surface area contributed by atoms with Crippen LogP contribution in [0.3, 0.4) is 0 Å². The van der Waals surface area contributed by atoms with Crippen LogP contribution in [0, 0.1) is 0 Å². The molecule has 1 heterocycles. The van der Waals surface area contributed by atoms with Gasteiger partial charge in [-0.1, -0.05) is 11.6 Å². The molecule has 0 spiro atoms. The number of anilines is 2. The first kappa shape index (κ1) is 13.4. The lowest BCUT2D eigenvalue weighted by atomic mass is 10.2. The van der Waals surface area contributed by atoms with Gasteiger partial charge in [0.25, 0.3) is 5.91 Å². The van der Waals surface area contributed by atoms with Crippen LogP contribution in [0.4, 0.5) is 11.4 Å². The third-order valence-corrected chi connectivity index (χ3v) is 2.64. The number of nitrogens with two attached hydrogens (primary N) is 1. The highest BCUT2D eigenvalue weighted by Gasteiger charge is 2.11. The Balaban J connectivity index is 2.13. The third-order valence-electron chi connectivity index (χ3n) is 2.23. The van der Waals surface area contributed by atoms with E-state index < -0.39 is 0 Å². The van der Waals surface area contributed by atoms with Crippen molar-refractivity contribution < 1.29 is 9.21 Å². The van der Waals surface area contributed by atoms with Crippen molar-refractivity contribution >= 4 is 46.2 Å². The Kier molecular flexibility index (Phi) is 4.03. The van der Waals surface area contributed by atoms with E-state index in [4.69, 9.17) is 34.0 Å². The molecule has 19 heavy (non-hydrogen) atoms. The zero-order valence-electron chi connectivity index (χ0n) is 9.64. The Hall–Kier alpha value is -2.05. The number of furan rings is 1. The first-order valence-corrected chi connectivity index (χ1v) is 6.06. The highest BCUT2D eigenvalue weighted by Crippen LogP contribution is 2.26. The molecule has 5 nitrogen and oxygen atoms in total. The number of halogens is 1. The zero-order valence-corrected chi connectivity index (χ0v) is 11.2. The smallest absolute Gasteiger partial charge is 0.291 e. The van der Waals surface area contributed by atoms with Crippen LogP contribution in [0.25, 0.3) is 0 Å². The van der Waals surface area contributed by atoms with Gasteiger partial charge < -0.3 is 20.8 Å². The minimum atomic E-state index is -0.373. The Morgan fingerprint density at radius 2 is 2.11 bits per heavy atom. The van der Waals surface area contributed by atoms with Crippen LogP contribution in [0.5, 0.6) is 0 Å². The maximum Gasteiger partial charge on any atom is 0.291 e. The first-order chi connectivity index (χ1) is 9.06. The highest BCUT2D eigenvalue weighted by molar-refractivity contribution is 7.80.